The first kappa shape index (κ1) is 43.6. The van der Waals surface area contributed by atoms with Crippen LogP contribution in [0.3, 0.4) is 0 Å². The molecule has 0 radical (unpaired) electrons. The Morgan fingerprint density at radius 2 is 0.681 bits per heavy atom. The molecule has 21 heteroatoms. The maximum atomic E-state index is 9.63. The molecule has 0 saturated carbocycles. The Labute approximate surface area is 391 Å². The zero-order valence-electron chi connectivity index (χ0n) is 38.3. The molecule has 12 aromatic rings. The Kier molecular flexibility index (Phi) is 10.7. The zero-order chi connectivity index (χ0) is 48.4. The van der Waals surface area contributed by atoms with Crippen LogP contribution in [0.15, 0.2) is 91.8 Å². The van der Waals surface area contributed by atoms with E-state index >= 15 is 0 Å². The van der Waals surface area contributed by atoms with Crippen molar-refractivity contribution in [3.8, 4) is 51.4 Å². The largest absolute Gasteiger partial charge is 0.508 e. The van der Waals surface area contributed by atoms with Crippen LogP contribution in [0.5, 0.6) is 17.2 Å². The average Bonchev–Trinajstić information content (AvgIpc) is 4.17. The van der Waals surface area contributed by atoms with Gasteiger partial charge in [0.2, 0.25) is 0 Å². The van der Waals surface area contributed by atoms with Gasteiger partial charge in [0.25, 0.3) is 0 Å². The van der Waals surface area contributed by atoms with E-state index in [4.69, 9.17) is 17.2 Å². The first-order chi connectivity index (χ1) is 33.1. The van der Waals surface area contributed by atoms with Gasteiger partial charge in [-0.1, -0.05) is 0 Å². The van der Waals surface area contributed by atoms with Crippen molar-refractivity contribution in [2.45, 2.75) is 59.7 Å². The molecule has 0 aliphatic rings. The van der Waals surface area contributed by atoms with Crippen LogP contribution in [-0.2, 0) is 0 Å². The molecule has 0 aliphatic carbocycles. The molecule has 21 nitrogen and oxygen atoms in total. The second kappa shape index (κ2) is 16.9. The number of hydrogen-bond acceptors (Lipinski definition) is 15. The minimum Gasteiger partial charge on any atom is -0.508 e. The van der Waals surface area contributed by atoms with E-state index in [1.807, 2.05) is 92.0 Å². The molecule has 0 unspecified atom stereocenters. The van der Waals surface area contributed by atoms with Gasteiger partial charge in [-0.05, 0) is 114 Å². The zero-order valence-corrected chi connectivity index (χ0v) is 38.3. The van der Waals surface area contributed by atoms with Crippen molar-refractivity contribution in [1.29, 1.82) is 0 Å². The number of aromatic hydroxyl groups is 3. The van der Waals surface area contributed by atoms with Gasteiger partial charge in [0, 0.05) is 50.8 Å². The third kappa shape index (κ3) is 7.79. The van der Waals surface area contributed by atoms with Gasteiger partial charge in [-0.15, -0.1) is 0 Å². The fraction of sp³-hybridized carbons (Fsp3) is 0.188. The van der Waals surface area contributed by atoms with E-state index in [1.165, 1.54) is 19.0 Å². The molecule has 0 saturated heterocycles. The van der Waals surface area contributed by atoms with Crippen LogP contribution in [-0.4, -0.2) is 89.5 Å². The number of phenolic OH excluding ortho intramolecular Hbond substituents is 3. The van der Waals surface area contributed by atoms with E-state index in [9.17, 15) is 15.3 Å². The summed E-state index contributed by atoms with van der Waals surface area (Å²) in [5.41, 5.74) is 27.7. The Hall–Kier alpha value is -9.27. The van der Waals surface area contributed by atoms with Crippen LogP contribution < -0.4 is 17.2 Å². The van der Waals surface area contributed by atoms with Crippen molar-refractivity contribution in [3.05, 3.63) is 91.8 Å². The average molecular weight is 925 g/mol. The Morgan fingerprint density at radius 3 is 0.942 bits per heavy atom. The van der Waals surface area contributed by atoms with Gasteiger partial charge in [-0.2, -0.15) is 15.3 Å². The molecule has 0 fully saturated rings. The third-order valence-corrected chi connectivity index (χ3v) is 11.6. The standard InChI is InChI=1S/3C16H16N6O/c3*1-8(2)22-16-13(15(17)18-7-19-16)14(21-22)12-6-9-5-10(23)3-4-11(9)20-12/h3*3-8,20,23H,1-2H3,(H2,17,18,19). The molecule has 0 spiro atoms. The number of nitrogens with one attached hydrogen (secondary N) is 3. The number of H-pyrrole nitrogens is 3. The lowest BCUT2D eigenvalue weighted by Crippen LogP contribution is -2.04. The molecule has 69 heavy (non-hydrogen) atoms. The van der Waals surface area contributed by atoms with Crippen LogP contribution >= 0.6 is 0 Å². The number of hydrogen-bond donors (Lipinski definition) is 9. The maximum Gasteiger partial charge on any atom is 0.164 e. The lowest BCUT2D eigenvalue weighted by molar-refractivity contribution is 0.475. The first-order valence-electron chi connectivity index (χ1n) is 22.1. The van der Waals surface area contributed by atoms with Crippen molar-refractivity contribution in [3.63, 3.8) is 0 Å². The molecule has 0 atom stereocenters. The summed E-state index contributed by atoms with van der Waals surface area (Å²) < 4.78 is 5.52. The van der Waals surface area contributed by atoms with Gasteiger partial charge in [-0.25, -0.2) is 43.9 Å². The van der Waals surface area contributed by atoms with E-state index in [0.717, 1.165) is 65.9 Å². The highest BCUT2D eigenvalue weighted by atomic mass is 16.3. The highest BCUT2D eigenvalue weighted by molar-refractivity contribution is 6.02. The van der Waals surface area contributed by atoms with E-state index in [-0.39, 0.29) is 35.4 Å². The summed E-state index contributed by atoms with van der Waals surface area (Å²) in [5, 5.41) is 47.8. The van der Waals surface area contributed by atoms with Gasteiger partial charge in [-0.3, -0.25) is 0 Å². The second-order valence-electron chi connectivity index (χ2n) is 17.4. The normalized spacial score (nSPS) is 11.8. The molecule has 3 aromatic carbocycles. The quantitative estimate of drug-likeness (QED) is 0.0754. The lowest BCUT2D eigenvalue weighted by Gasteiger charge is -2.05. The monoisotopic (exact) mass is 924 g/mol. The molecule has 0 amide bonds. The number of phenols is 3. The molecule has 9 aromatic heterocycles. The summed E-state index contributed by atoms with van der Waals surface area (Å²) >= 11 is 0. The fourth-order valence-electron chi connectivity index (χ4n) is 8.37. The molecular weight excluding hydrogens is 877 g/mol. The molecule has 0 bridgehead atoms. The number of rotatable bonds is 6. The minimum absolute atomic E-state index is 0.147. The summed E-state index contributed by atoms with van der Waals surface area (Å²) in [5.74, 6) is 1.88. The molecule has 9 heterocycles. The van der Waals surface area contributed by atoms with Crippen LogP contribution in [0.25, 0.3) is 100.0 Å². The first-order valence-corrected chi connectivity index (χ1v) is 22.1. The van der Waals surface area contributed by atoms with Gasteiger partial charge < -0.3 is 47.5 Å². The lowest BCUT2D eigenvalue weighted by atomic mass is 10.2. The third-order valence-electron chi connectivity index (χ3n) is 11.6. The minimum atomic E-state index is 0.147. The highest BCUT2D eigenvalue weighted by Gasteiger charge is 2.23. The molecule has 12 N–H and O–H groups in total. The molecule has 0 aliphatic heterocycles. The molecule has 348 valence electrons. The fourth-order valence-corrected chi connectivity index (χ4v) is 8.37. The number of aromatic nitrogens is 15. The number of benzene rings is 3. The highest BCUT2D eigenvalue weighted by Crippen LogP contribution is 2.37. The van der Waals surface area contributed by atoms with E-state index in [2.05, 4.69) is 60.2 Å². The van der Waals surface area contributed by atoms with Gasteiger partial charge in [0.05, 0.1) is 33.2 Å². The number of nitrogens with zero attached hydrogens (tertiary/aromatic N) is 12. The smallest absolute Gasteiger partial charge is 0.164 e. The Balaban J connectivity index is 0.000000120. The second-order valence-corrected chi connectivity index (χ2v) is 17.4. The summed E-state index contributed by atoms with van der Waals surface area (Å²) in [6.45, 7) is 12.2. The van der Waals surface area contributed by atoms with E-state index in [1.54, 1.807) is 36.4 Å². The van der Waals surface area contributed by atoms with Crippen LogP contribution in [0.4, 0.5) is 17.5 Å². The van der Waals surface area contributed by atoms with Gasteiger partial charge in [0.1, 0.15) is 70.8 Å². The van der Waals surface area contributed by atoms with Crippen LogP contribution in [0.2, 0.25) is 0 Å². The van der Waals surface area contributed by atoms with Gasteiger partial charge in [0.15, 0.2) is 16.9 Å². The Bertz CT molecular complexity index is 3490. The summed E-state index contributed by atoms with van der Waals surface area (Å²) in [7, 11) is 0. The number of nitrogen functional groups attached to an aromatic ring is 3. The van der Waals surface area contributed by atoms with Gasteiger partial charge >= 0.3 is 0 Å². The van der Waals surface area contributed by atoms with E-state index < -0.39 is 0 Å². The Morgan fingerprint density at radius 1 is 0.406 bits per heavy atom. The molecular formula is C48H48N18O3. The van der Waals surface area contributed by atoms with Crippen molar-refractivity contribution >= 4 is 83.3 Å². The number of fused-ring (bicyclic) bond motifs is 6. The predicted molar refractivity (Wildman–Crippen MR) is 267 cm³/mol. The topological polar surface area (TPSA) is 317 Å². The van der Waals surface area contributed by atoms with Crippen molar-refractivity contribution in [2.24, 2.45) is 0 Å². The number of anilines is 3. The van der Waals surface area contributed by atoms with Crippen molar-refractivity contribution in [2.75, 3.05) is 17.2 Å². The number of aromatic amines is 3. The predicted octanol–water partition coefficient (Wildman–Crippen LogP) is 8.53. The SMILES string of the molecule is CC(C)n1nc(-c2cc3cc(O)ccc3[nH]2)c2c(N)ncnc21.CC(C)n1nc(-c2cc3cc(O)ccc3[nH]2)c2c(N)ncnc21.CC(C)n1nc(-c2cc3cc(O)ccc3[nH]2)c2c(N)ncnc21. The molecule has 12 rings (SSSR count). The summed E-state index contributed by atoms with van der Waals surface area (Å²) in [4.78, 5) is 35.2. The van der Waals surface area contributed by atoms with E-state index in [0.29, 0.717) is 51.5 Å². The van der Waals surface area contributed by atoms with Crippen molar-refractivity contribution in [1.82, 2.24) is 74.2 Å². The summed E-state index contributed by atoms with van der Waals surface area (Å²) in [6, 6.07) is 21.8. The van der Waals surface area contributed by atoms with Crippen molar-refractivity contribution < 1.29 is 15.3 Å². The van der Waals surface area contributed by atoms with Crippen LogP contribution in [0, 0.1) is 0 Å². The maximum absolute atomic E-state index is 9.63. The summed E-state index contributed by atoms with van der Waals surface area (Å²) in [6.07, 6.45) is 4.35. The van der Waals surface area contributed by atoms with Crippen LogP contribution in [0.1, 0.15) is 59.7 Å². The number of nitrogens with two attached hydrogens (primary N) is 3.